The van der Waals surface area contributed by atoms with E-state index in [1.807, 2.05) is 0 Å². The maximum Gasteiger partial charge on any atom is 0.410 e. The van der Waals surface area contributed by atoms with Crippen LogP contribution < -0.4 is 5.32 Å². The highest BCUT2D eigenvalue weighted by Crippen LogP contribution is 2.23. The summed E-state index contributed by atoms with van der Waals surface area (Å²) < 4.78 is 32.7. The molecule has 2 amide bonds. The standard InChI is InChI=1S/C19H25N3O5S/c1-2-18(23)20-15-6-5-9-17(14-15)28(25,26)22-12-10-21(11-13-22)19(24)27-16-7-3-4-8-16/h2,5-6,9,14,16H,1,3-4,7-8,10-13H2,(H,20,23). The van der Waals surface area contributed by atoms with E-state index >= 15 is 0 Å². The molecular formula is C19H25N3O5S. The van der Waals surface area contributed by atoms with Gasteiger partial charge in [-0.25, -0.2) is 13.2 Å². The van der Waals surface area contributed by atoms with E-state index in [-0.39, 0.29) is 43.3 Å². The smallest absolute Gasteiger partial charge is 0.410 e. The van der Waals surface area contributed by atoms with Gasteiger partial charge in [0.2, 0.25) is 15.9 Å². The molecule has 1 aromatic rings. The van der Waals surface area contributed by atoms with E-state index in [2.05, 4.69) is 11.9 Å². The predicted octanol–water partition coefficient (Wildman–Crippen LogP) is 2.20. The third-order valence-corrected chi connectivity index (χ3v) is 6.89. The van der Waals surface area contributed by atoms with Crippen molar-refractivity contribution < 1.29 is 22.7 Å². The monoisotopic (exact) mass is 407 g/mol. The molecule has 1 aromatic carbocycles. The number of sulfonamides is 1. The predicted molar refractivity (Wildman–Crippen MR) is 104 cm³/mol. The summed E-state index contributed by atoms with van der Waals surface area (Å²) in [5, 5.41) is 2.55. The van der Waals surface area contributed by atoms with Crippen LogP contribution in [0.25, 0.3) is 0 Å². The molecule has 2 aliphatic rings. The highest BCUT2D eigenvalue weighted by Gasteiger charge is 2.32. The second kappa shape index (κ2) is 8.74. The Morgan fingerprint density at radius 2 is 1.82 bits per heavy atom. The van der Waals surface area contributed by atoms with Crippen molar-refractivity contribution in [3.05, 3.63) is 36.9 Å². The van der Waals surface area contributed by atoms with Gasteiger partial charge in [0, 0.05) is 31.9 Å². The summed E-state index contributed by atoms with van der Waals surface area (Å²) in [6.45, 7) is 4.35. The van der Waals surface area contributed by atoms with Crippen molar-refractivity contribution in [2.24, 2.45) is 0 Å². The second-order valence-corrected chi connectivity index (χ2v) is 8.84. The molecule has 1 aliphatic carbocycles. The molecule has 1 heterocycles. The summed E-state index contributed by atoms with van der Waals surface area (Å²) in [5.74, 6) is -0.413. The zero-order valence-corrected chi connectivity index (χ0v) is 16.5. The maximum absolute atomic E-state index is 12.9. The van der Waals surface area contributed by atoms with Crippen molar-refractivity contribution in [2.75, 3.05) is 31.5 Å². The fourth-order valence-corrected chi connectivity index (χ4v) is 4.88. The van der Waals surface area contributed by atoms with Crippen LogP contribution in [0.1, 0.15) is 25.7 Å². The molecule has 8 nitrogen and oxygen atoms in total. The number of nitrogens with zero attached hydrogens (tertiary/aromatic N) is 2. The van der Waals surface area contributed by atoms with Crippen LogP contribution in [0.4, 0.5) is 10.5 Å². The van der Waals surface area contributed by atoms with Gasteiger partial charge in [-0.15, -0.1) is 0 Å². The molecule has 1 N–H and O–H groups in total. The first kappa shape index (κ1) is 20.3. The number of nitrogens with one attached hydrogen (secondary N) is 1. The molecule has 9 heteroatoms. The molecule has 0 aromatic heterocycles. The molecule has 1 aliphatic heterocycles. The molecular weight excluding hydrogens is 382 g/mol. The van der Waals surface area contributed by atoms with Gasteiger partial charge in [-0.3, -0.25) is 4.79 Å². The fourth-order valence-electron chi connectivity index (χ4n) is 3.41. The summed E-state index contributed by atoms with van der Waals surface area (Å²) in [6.07, 6.45) is 4.70. The quantitative estimate of drug-likeness (QED) is 0.755. The average molecular weight is 407 g/mol. The first-order valence-electron chi connectivity index (χ1n) is 9.39. The first-order valence-corrected chi connectivity index (χ1v) is 10.8. The minimum Gasteiger partial charge on any atom is -0.446 e. The SMILES string of the molecule is C=CC(=O)Nc1cccc(S(=O)(=O)N2CCN(C(=O)OC3CCCC3)CC2)c1. The van der Waals surface area contributed by atoms with E-state index in [4.69, 9.17) is 4.74 Å². The van der Waals surface area contributed by atoms with E-state index in [0.717, 1.165) is 31.8 Å². The lowest BCUT2D eigenvalue weighted by atomic mass is 10.3. The van der Waals surface area contributed by atoms with Crippen LogP contribution in [0.5, 0.6) is 0 Å². The Hall–Kier alpha value is -2.39. The van der Waals surface area contributed by atoms with E-state index in [0.29, 0.717) is 5.69 Å². The lowest BCUT2D eigenvalue weighted by Crippen LogP contribution is -2.51. The molecule has 0 radical (unpaired) electrons. The molecule has 3 rings (SSSR count). The molecule has 2 fully saturated rings. The molecule has 0 atom stereocenters. The normalized spacial score (nSPS) is 18.6. The Balaban J connectivity index is 1.61. The van der Waals surface area contributed by atoms with Gasteiger partial charge in [0.25, 0.3) is 0 Å². The Bertz CT molecular complexity index is 841. The van der Waals surface area contributed by atoms with Crippen molar-refractivity contribution in [1.29, 1.82) is 0 Å². The second-order valence-electron chi connectivity index (χ2n) is 6.90. The van der Waals surface area contributed by atoms with Gasteiger partial charge in [-0.1, -0.05) is 12.6 Å². The number of carbonyl (C=O) groups excluding carboxylic acids is 2. The van der Waals surface area contributed by atoms with Crippen LogP contribution in [0, 0.1) is 0 Å². The van der Waals surface area contributed by atoms with Gasteiger partial charge in [0.1, 0.15) is 6.10 Å². The number of hydrogen-bond donors (Lipinski definition) is 1. The number of benzene rings is 1. The van der Waals surface area contributed by atoms with Gasteiger partial charge in [-0.2, -0.15) is 4.31 Å². The van der Waals surface area contributed by atoms with Crippen molar-refractivity contribution in [2.45, 2.75) is 36.7 Å². The highest BCUT2D eigenvalue weighted by atomic mass is 32.2. The molecule has 152 valence electrons. The van der Waals surface area contributed by atoms with Gasteiger partial charge < -0.3 is 15.0 Å². The van der Waals surface area contributed by atoms with Gasteiger partial charge >= 0.3 is 6.09 Å². The number of hydrogen-bond acceptors (Lipinski definition) is 5. The summed E-state index contributed by atoms with van der Waals surface area (Å²) in [5.41, 5.74) is 0.379. The van der Waals surface area contributed by atoms with Gasteiger partial charge in [0.05, 0.1) is 4.90 Å². The lowest BCUT2D eigenvalue weighted by molar-refractivity contribution is -0.111. The van der Waals surface area contributed by atoms with Crippen molar-refractivity contribution in [1.82, 2.24) is 9.21 Å². The van der Waals surface area contributed by atoms with Crippen LogP contribution in [0.3, 0.4) is 0 Å². The summed E-state index contributed by atoms with van der Waals surface area (Å²) in [4.78, 5) is 25.3. The fraction of sp³-hybridized carbons (Fsp3) is 0.474. The maximum atomic E-state index is 12.9. The highest BCUT2D eigenvalue weighted by molar-refractivity contribution is 7.89. The molecule has 1 saturated heterocycles. The third kappa shape index (κ3) is 4.71. The number of amides is 2. The summed E-state index contributed by atoms with van der Waals surface area (Å²) >= 11 is 0. The minimum absolute atomic E-state index is 0.0113. The van der Waals surface area contributed by atoms with E-state index in [1.165, 1.54) is 16.4 Å². The Kier molecular flexibility index (Phi) is 6.35. The van der Waals surface area contributed by atoms with Crippen molar-refractivity contribution >= 4 is 27.7 Å². The van der Waals surface area contributed by atoms with E-state index in [9.17, 15) is 18.0 Å². The zero-order chi connectivity index (χ0) is 20.1. The number of anilines is 1. The van der Waals surface area contributed by atoms with Crippen LogP contribution >= 0.6 is 0 Å². The number of carbonyl (C=O) groups is 2. The number of rotatable bonds is 5. The molecule has 0 spiro atoms. The summed E-state index contributed by atoms with van der Waals surface area (Å²) in [7, 11) is -3.72. The molecule has 0 bridgehead atoms. The van der Waals surface area contributed by atoms with Crippen molar-refractivity contribution in [3.63, 3.8) is 0 Å². The van der Waals surface area contributed by atoms with Crippen LogP contribution in [0.15, 0.2) is 41.8 Å². The average Bonchev–Trinajstić information content (AvgIpc) is 3.21. The van der Waals surface area contributed by atoms with E-state index < -0.39 is 15.9 Å². The Labute approximate surface area is 165 Å². The third-order valence-electron chi connectivity index (χ3n) is 4.99. The molecule has 0 unspecified atom stereocenters. The number of ether oxygens (including phenoxy) is 1. The van der Waals surface area contributed by atoms with Gasteiger partial charge in [0.15, 0.2) is 0 Å². The Morgan fingerprint density at radius 3 is 2.46 bits per heavy atom. The lowest BCUT2D eigenvalue weighted by Gasteiger charge is -2.34. The minimum atomic E-state index is -3.72. The number of piperazine rings is 1. The molecule has 28 heavy (non-hydrogen) atoms. The van der Waals surface area contributed by atoms with Gasteiger partial charge in [-0.05, 0) is 50.0 Å². The van der Waals surface area contributed by atoms with Crippen LogP contribution in [-0.4, -0.2) is 61.9 Å². The van der Waals surface area contributed by atoms with Crippen molar-refractivity contribution in [3.8, 4) is 0 Å². The molecule has 1 saturated carbocycles. The van der Waals surface area contributed by atoms with Crippen LogP contribution in [-0.2, 0) is 19.6 Å². The van der Waals surface area contributed by atoms with Crippen LogP contribution in [0.2, 0.25) is 0 Å². The zero-order valence-electron chi connectivity index (χ0n) is 15.7. The largest absolute Gasteiger partial charge is 0.446 e. The topological polar surface area (TPSA) is 96.0 Å². The first-order chi connectivity index (χ1) is 13.4. The Morgan fingerprint density at radius 1 is 1.14 bits per heavy atom. The van der Waals surface area contributed by atoms with E-state index in [1.54, 1.807) is 17.0 Å². The summed E-state index contributed by atoms with van der Waals surface area (Å²) in [6, 6.07) is 6.08.